The summed E-state index contributed by atoms with van der Waals surface area (Å²) in [4.78, 5) is 9.34. The second-order valence-corrected chi connectivity index (χ2v) is 5.85. The molecule has 2 aromatic rings. The lowest BCUT2D eigenvalue weighted by Crippen LogP contribution is -2.47. The van der Waals surface area contributed by atoms with Crippen molar-refractivity contribution in [3.63, 3.8) is 0 Å². The number of piperazine rings is 1. The summed E-state index contributed by atoms with van der Waals surface area (Å²) in [5.74, 6) is 0. The van der Waals surface area contributed by atoms with Gasteiger partial charge in [-0.05, 0) is 36.2 Å². The fourth-order valence-electron chi connectivity index (χ4n) is 3.52. The number of pyridine rings is 1. The first-order valence-electron chi connectivity index (χ1n) is 7.29. The monoisotopic (exact) mass is 265 g/mol. The van der Waals surface area contributed by atoms with Crippen molar-refractivity contribution in [3.05, 3.63) is 59.4 Å². The Kier molecular flexibility index (Phi) is 2.74. The van der Waals surface area contributed by atoms with E-state index in [1.165, 1.54) is 22.4 Å². The van der Waals surface area contributed by atoms with Crippen LogP contribution in [0.4, 0.5) is 5.69 Å². The second-order valence-electron chi connectivity index (χ2n) is 5.85. The van der Waals surface area contributed by atoms with Gasteiger partial charge in [0, 0.05) is 25.8 Å². The largest absolute Gasteiger partial charge is 0.360 e. The van der Waals surface area contributed by atoms with Gasteiger partial charge in [0.05, 0.1) is 17.9 Å². The number of rotatable bonds is 0. The minimum Gasteiger partial charge on any atom is -0.360 e. The summed E-state index contributed by atoms with van der Waals surface area (Å²) in [6, 6.07) is 11.5. The Bertz CT molecular complexity index is 638. The highest BCUT2D eigenvalue weighted by Crippen LogP contribution is 2.38. The number of anilines is 1. The maximum atomic E-state index is 4.36. The number of nitrogens with zero attached hydrogens (tertiary/aromatic N) is 3. The van der Waals surface area contributed by atoms with Crippen LogP contribution in [0.3, 0.4) is 0 Å². The molecule has 0 aliphatic carbocycles. The molecule has 0 amide bonds. The predicted molar refractivity (Wildman–Crippen MR) is 81.1 cm³/mol. The standard InChI is InChI=1S/C17H19N3/c1-19-8-9-20-16-11-18-7-6-14(16)10-13-4-2-3-5-15(13)17(20)12-19/h2-7,11,17H,8-10,12H2,1H3. The van der Waals surface area contributed by atoms with Crippen molar-refractivity contribution in [2.75, 3.05) is 31.6 Å². The molecule has 20 heavy (non-hydrogen) atoms. The molecule has 1 aromatic heterocycles. The lowest BCUT2D eigenvalue weighted by atomic mass is 9.96. The van der Waals surface area contributed by atoms with Crippen LogP contribution in [0.25, 0.3) is 0 Å². The zero-order valence-corrected chi connectivity index (χ0v) is 11.8. The molecule has 102 valence electrons. The van der Waals surface area contributed by atoms with Gasteiger partial charge in [-0.15, -0.1) is 0 Å². The molecule has 1 saturated heterocycles. The Balaban J connectivity index is 1.90. The highest BCUT2D eigenvalue weighted by molar-refractivity contribution is 5.59. The van der Waals surface area contributed by atoms with Crippen LogP contribution in [-0.4, -0.2) is 36.6 Å². The number of hydrogen-bond donors (Lipinski definition) is 0. The van der Waals surface area contributed by atoms with Gasteiger partial charge in [-0.3, -0.25) is 4.98 Å². The average Bonchev–Trinajstić information content (AvgIpc) is 2.61. The van der Waals surface area contributed by atoms with Crippen LogP contribution in [0.15, 0.2) is 42.7 Å². The van der Waals surface area contributed by atoms with Gasteiger partial charge in [-0.25, -0.2) is 0 Å². The molecule has 0 saturated carbocycles. The molecule has 0 spiro atoms. The first-order chi connectivity index (χ1) is 9.83. The summed E-state index contributed by atoms with van der Waals surface area (Å²) in [5.41, 5.74) is 5.67. The Morgan fingerprint density at radius 1 is 1.10 bits per heavy atom. The third-order valence-corrected chi connectivity index (χ3v) is 4.58. The Morgan fingerprint density at radius 3 is 2.95 bits per heavy atom. The zero-order chi connectivity index (χ0) is 13.5. The van der Waals surface area contributed by atoms with E-state index in [2.05, 4.69) is 52.2 Å². The second kappa shape index (κ2) is 4.60. The van der Waals surface area contributed by atoms with E-state index >= 15 is 0 Å². The Labute approximate surface area is 119 Å². The number of benzene rings is 1. The van der Waals surface area contributed by atoms with Gasteiger partial charge in [-0.2, -0.15) is 0 Å². The first kappa shape index (κ1) is 11.9. The lowest BCUT2D eigenvalue weighted by Gasteiger charge is -2.41. The van der Waals surface area contributed by atoms with Crippen LogP contribution < -0.4 is 4.90 Å². The molecule has 1 atom stereocenters. The fraction of sp³-hybridized carbons (Fsp3) is 0.353. The maximum absolute atomic E-state index is 4.36. The van der Waals surface area contributed by atoms with Crippen LogP contribution in [-0.2, 0) is 6.42 Å². The van der Waals surface area contributed by atoms with E-state index in [1.807, 2.05) is 12.4 Å². The summed E-state index contributed by atoms with van der Waals surface area (Å²) in [7, 11) is 2.22. The summed E-state index contributed by atoms with van der Waals surface area (Å²) >= 11 is 0. The molecule has 0 radical (unpaired) electrons. The van der Waals surface area contributed by atoms with Crippen LogP contribution >= 0.6 is 0 Å². The van der Waals surface area contributed by atoms with Crippen LogP contribution in [0.5, 0.6) is 0 Å². The Hall–Kier alpha value is -1.87. The van der Waals surface area contributed by atoms with Crippen molar-refractivity contribution in [1.29, 1.82) is 0 Å². The lowest BCUT2D eigenvalue weighted by molar-refractivity contribution is 0.269. The van der Waals surface area contributed by atoms with Gasteiger partial charge in [0.1, 0.15) is 0 Å². The van der Waals surface area contributed by atoms with Crippen molar-refractivity contribution in [2.45, 2.75) is 12.5 Å². The zero-order valence-electron chi connectivity index (χ0n) is 11.8. The maximum Gasteiger partial charge on any atom is 0.0673 e. The van der Waals surface area contributed by atoms with E-state index in [-0.39, 0.29) is 0 Å². The molecule has 3 heteroatoms. The third kappa shape index (κ3) is 1.81. The number of hydrogen-bond acceptors (Lipinski definition) is 3. The van der Waals surface area contributed by atoms with E-state index < -0.39 is 0 Å². The molecule has 3 heterocycles. The van der Waals surface area contributed by atoms with Gasteiger partial charge in [0.2, 0.25) is 0 Å². The topological polar surface area (TPSA) is 19.4 Å². The minimum atomic E-state index is 0.454. The molecule has 0 bridgehead atoms. The van der Waals surface area contributed by atoms with Gasteiger partial charge < -0.3 is 9.80 Å². The van der Waals surface area contributed by atoms with E-state index in [1.54, 1.807) is 0 Å². The molecule has 1 aromatic carbocycles. The molecule has 2 aliphatic rings. The van der Waals surface area contributed by atoms with Crippen molar-refractivity contribution < 1.29 is 0 Å². The molecular formula is C17H19N3. The van der Waals surface area contributed by atoms with Gasteiger partial charge >= 0.3 is 0 Å². The van der Waals surface area contributed by atoms with E-state index in [4.69, 9.17) is 0 Å². The van der Waals surface area contributed by atoms with Crippen LogP contribution in [0, 0.1) is 0 Å². The molecule has 3 nitrogen and oxygen atoms in total. The van der Waals surface area contributed by atoms with Gasteiger partial charge in [0.25, 0.3) is 0 Å². The van der Waals surface area contributed by atoms with Crippen molar-refractivity contribution in [1.82, 2.24) is 9.88 Å². The highest BCUT2D eigenvalue weighted by atomic mass is 15.3. The van der Waals surface area contributed by atoms with Gasteiger partial charge in [0.15, 0.2) is 0 Å². The van der Waals surface area contributed by atoms with Crippen molar-refractivity contribution >= 4 is 5.69 Å². The SMILES string of the molecule is CN1CCN2c3cnccc3Cc3ccccc3C2C1. The van der Waals surface area contributed by atoms with E-state index in [0.717, 1.165) is 26.1 Å². The van der Waals surface area contributed by atoms with E-state index in [0.29, 0.717) is 6.04 Å². The molecule has 1 unspecified atom stereocenters. The molecule has 4 rings (SSSR count). The number of fused-ring (bicyclic) bond motifs is 5. The molecule has 0 N–H and O–H groups in total. The summed E-state index contributed by atoms with van der Waals surface area (Å²) in [5, 5.41) is 0. The summed E-state index contributed by atoms with van der Waals surface area (Å²) in [6.45, 7) is 3.28. The summed E-state index contributed by atoms with van der Waals surface area (Å²) < 4.78 is 0. The highest BCUT2D eigenvalue weighted by Gasteiger charge is 2.31. The molecule has 2 aliphatic heterocycles. The predicted octanol–water partition coefficient (Wildman–Crippen LogP) is 2.48. The third-order valence-electron chi connectivity index (χ3n) is 4.58. The van der Waals surface area contributed by atoms with Crippen molar-refractivity contribution in [2.24, 2.45) is 0 Å². The molecule has 1 fully saturated rings. The minimum absolute atomic E-state index is 0.454. The van der Waals surface area contributed by atoms with E-state index in [9.17, 15) is 0 Å². The normalized spacial score (nSPS) is 21.6. The smallest absolute Gasteiger partial charge is 0.0673 e. The quantitative estimate of drug-likeness (QED) is 0.729. The van der Waals surface area contributed by atoms with Gasteiger partial charge in [-0.1, -0.05) is 24.3 Å². The number of likely N-dealkylation sites (N-methyl/N-ethyl adjacent to an activating group) is 1. The summed E-state index contributed by atoms with van der Waals surface area (Å²) in [6.07, 6.45) is 4.97. The average molecular weight is 265 g/mol. The molecular weight excluding hydrogens is 246 g/mol. The fourth-order valence-corrected chi connectivity index (χ4v) is 3.52. The Morgan fingerprint density at radius 2 is 2.00 bits per heavy atom. The first-order valence-corrected chi connectivity index (χ1v) is 7.29. The number of aromatic nitrogens is 1. The van der Waals surface area contributed by atoms with Crippen LogP contribution in [0.1, 0.15) is 22.7 Å². The van der Waals surface area contributed by atoms with Crippen molar-refractivity contribution in [3.8, 4) is 0 Å². The van der Waals surface area contributed by atoms with Crippen LogP contribution in [0.2, 0.25) is 0 Å².